The van der Waals surface area contributed by atoms with Gasteiger partial charge in [-0.25, -0.2) is 0 Å². The Labute approximate surface area is 109 Å². The molecule has 0 saturated carbocycles. The molecule has 0 heterocycles. The number of nitrogens with one attached hydrogen (secondary N) is 1. The number of allylic oxidation sites excluding steroid dienone is 1. The molecule has 0 radical (unpaired) electrons. The number of amides is 1. The maximum Gasteiger partial charge on any atom is 0.233 e. The van der Waals surface area contributed by atoms with E-state index in [0.29, 0.717) is 13.0 Å². The topological polar surface area (TPSA) is 29.1 Å². The zero-order valence-electron chi connectivity index (χ0n) is 10.3. The smallest absolute Gasteiger partial charge is 0.233 e. The van der Waals surface area contributed by atoms with Gasteiger partial charge >= 0.3 is 0 Å². The summed E-state index contributed by atoms with van der Waals surface area (Å²) in [6, 6.07) is 9.92. The molecule has 1 rings (SSSR count). The van der Waals surface area contributed by atoms with E-state index in [0.717, 1.165) is 5.56 Å². The molecule has 1 N–H and O–H groups in total. The molecule has 0 aromatic heterocycles. The van der Waals surface area contributed by atoms with E-state index in [9.17, 15) is 4.79 Å². The van der Waals surface area contributed by atoms with Crippen LogP contribution in [0.1, 0.15) is 19.4 Å². The second-order valence-electron chi connectivity index (χ2n) is 4.23. The van der Waals surface area contributed by atoms with E-state index in [1.54, 1.807) is 0 Å². The van der Waals surface area contributed by atoms with Crippen LogP contribution in [-0.4, -0.2) is 17.7 Å². The Bertz CT molecular complexity index is 382. The molecule has 2 nitrogen and oxygen atoms in total. The second kappa shape index (κ2) is 7.17. The standard InChI is InChI=1S/C14H19NOS/c1-11(2)8-9-15-14(16)13(17)10-12-6-4-3-5-7-12/h3-8,13,17H,9-10H2,1-2H3,(H,15,16). The third-order valence-corrected chi connectivity index (χ3v) is 2.78. The molecule has 1 amide bonds. The molecule has 17 heavy (non-hydrogen) atoms. The number of hydrogen-bond donors (Lipinski definition) is 2. The molecule has 0 aliphatic heterocycles. The molecular weight excluding hydrogens is 230 g/mol. The van der Waals surface area contributed by atoms with Crippen molar-refractivity contribution in [2.45, 2.75) is 25.5 Å². The van der Waals surface area contributed by atoms with Crippen molar-refractivity contribution in [2.24, 2.45) is 0 Å². The number of rotatable bonds is 5. The van der Waals surface area contributed by atoms with Crippen LogP contribution in [0.25, 0.3) is 0 Å². The molecule has 0 spiro atoms. The molecule has 0 fully saturated rings. The van der Waals surface area contributed by atoms with Crippen LogP contribution in [0.15, 0.2) is 42.0 Å². The fraction of sp³-hybridized carbons (Fsp3) is 0.357. The predicted molar refractivity (Wildman–Crippen MR) is 75.4 cm³/mol. The first-order chi connectivity index (χ1) is 8.09. The first kappa shape index (κ1) is 13.8. The van der Waals surface area contributed by atoms with Crippen molar-refractivity contribution in [1.29, 1.82) is 0 Å². The average Bonchev–Trinajstić information content (AvgIpc) is 2.29. The zero-order valence-corrected chi connectivity index (χ0v) is 11.2. The Kier molecular flexibility index (Phi) is 5.84. The third kappa shape index (κ3) is 5.59. The summed E-state index contributed by atoms with van der Waals surface area (Å²) in [6.45, 7) is 4.59. The lowest BCUT2D eigenvalue weighted by atomic mass is 10.1. The van der Waals surface area contributed by atoms with E-state index >= 15 is 0 Å². The van der Waals surface area contributed by atoms with Gasteiger partial charge in [-0.05, 0) is 25.8 Å². The van der Waals surface area contributed by atoms with Crippen LogP contribution in [0.3, 0.4) is 0 Å². The van der Waals surface area contributed by atoms with E-state index in [-0.39, 0.29) is 11.2 Å². The molecular formula is C14H19NOS. The summed E-state index contributed by atoms with van der Waals surface area (Å²) in [7, 11) is 0. The number of hydrogen-bond acceptors (Lipinski definition) is 2. The quantitative estimate of drug-likeness (QED) is 0.609. The Morgan fingerprint density at radius 1 is 1.35 bits per heavy atom. The van der Waals surface area contributed by atoms with E-state index in [4.69, 9.17) is 0 Å². The molecule has 3 heteroatoms. The lowest BCUT2D eigenvalue weighted by Crippen LogP contribution is -2.32. The number of carbonyl (C=O) groups excluding carboxylic acids is 1. The molecule has 1 unspecified atom stereocenters. The lowest BCUT2D eigenvalue weighted by Gasteiger charge is -2.10. The van der Waals surface area contributed by atoms with Crippen LogP contribution in [0.2, 0.25) is 0 Å². The van der Waals surface area contributed by atoms with Crippen LogP contribution in [0, 0.1) is 0 Å². The van der Waals surface area contributed by atoms with Gasteiger partial charge in [0.25, 0.3) is 0 Å². The molecule has 92 valence electrons. The molecule has 0 bridgehead atoms. The van der Waals surface area contributed by atoms with Gasteiger partial charge in [-0.15, -0.1) is 0 Å². The fourth-order valence-corrected chi connectivity index (χ4v) is 1.71. The summed E-state index contributed by atoms with van der Waals surface area (Å²) in [5.74, 6) is -0.0188. The summed E-state index contributed by atoms with van der Waals surface area (Å²) in [5, 5.41) is 2.55. The molecule has 0 saturated heterocycles. The largest absolute Gasteiger partial charge is 0.352 e. The van der Waals surface area contributed by atoms with Crippen molar-refractivity contribution >= 4 is 18.5 Å². The van der Waals surface area contributed by atoms with Crippen molar-refractivity contribution in [3.63, 3.8) is 0 Å². The molecule has 1 aromatic carbocycles. The number of carbonyl (C=O) groups is 1. The highest BCUT2D eigenvalue weighted by molar-refractivity contribution is 7.81. The summed E-state index contributed by atoms with van der Waals surface area (Å²) < 4.78 is 0. The van der Waals surface area contributed by atoms with Gasteiger partial charge in [0.1, 0.15) is 0 Å². The SMILES string of the molecule is CC(C)=CCNC(=O)C(S)Cc1ccccc1. The van der Waals surface area contributed by atoms with Gasteiger partial charge in [-0.3, -0.25) is 4.79 Å². The normalized spacial score (nSPS) is 11.7. The van der Waals surface area contributed by atoms with Crippen molar-refractivity contribution in [1.82, 2.24) is 5.32 Å². The van der Waals surface area contributed by atoms with Crippen molar-refractivity contribution in [2.75, 3.05) is 6.54 Å². The van der Waals surface area contributed by atoms with E-state index < -0.39 is 0 Å². The Morgan fingerprint density at radius 3 is 2.59 bits per heavy atom. The molecule has 0 aliphatic carbocycles. The second-order valence-corrected chi connectivity index (χ2v) is 4.86. The highest BCUT2D eigenvalue weighted by Gasteiger charge is 2.13. The highest BCUT2D eigenvalue weighted by Crippen LogP contribution is 2.07. The van der Waals surface area contributed by atoms with Crippen molar-refractivity contribution in [3.8, 4) is 0 Å². The van der Waals surface area contributed by atoms with E-state index in [1.807, 2.05) is 50.3 Å². The van der Waals surface area contributed by atoms with Crippen LogP contribution in [-0.2, 0) is 11.2 Å². The minimum atomic E-state index is -0.289. The lowest BCUT2D eigenvalue weighted by molar-refractivity contribution is -0.120. The zero-order chi connectivity index (χ0) is 12.7. The van der Waals surface area contributed by atoms with Gasteiger partial charge in [-0.1, -0.05) is 42.0 Å². The van der Waals surface area contributed by atoms with Gasteiger partial charge in [-0.2, -0.15) is 12.6 Å². The first-order valence-electron chi connectivity index (χ1n) is 5.72. The van der Waals surface area contributed by atoms with Crippen molar-refractivity contribution in [3.05, 3.63) is 47.5 Å². The number of benzene rings is 1. The Balaban J connectivity index is 2.40. The van der Waals surface area contributed by atoms with Crippen LogP contribution in [0.5, 0.6) is 0 Å². The van der Waals surface area contributed by atoms with Gasteiger partial charge in [0.2, 0.25) is 5.91 Å². The number of thiol groups is 1. The monoisotopic (exact) mass is 249 g/mol. The van der Waals surface area contributed by atoms with E-state index in [1.165, 1.54) is 5.57 Å². The molecule has 1 aromatic rings. The minimum Gasteiger partial charge on any atom is -0.352 e. The maximum absolute atomic E-state index is 11.7. The van der Waals surface area contributed by atoms with Gasteiger partial charge in [0.05, 0.1) is 5.25 Å². The van der Waals surface area contributed by atoms with E-state index in [2.05, 4.69) is 17.9 Å². The Morgan fingerprint density at radius 2 is 2.00 bits per heavy atom. The maximum atomic E-state index is 11.7. The summed E-state index contributed by atoms with van der Waals surface area (Å²) in [5.41, 5.74) is 2.33. The molecule has 1 atom stereocenters. The minimum absolute atomic E-state index is 0.0188. The Hall–Kier alpha value is -1.22. The van der Waals surface area contributed by atoms with Crippen LogP contribution in [0.4, 0.5) is 0 Å². The van der Waals surface area contributed by atoms with Gasteiger partial charge in [0, 0.05) is 6.54 Å². The summed E-state index contributed by atoms with van der Waals surface area (Å²) in [4.78, 5) is 11.7. The fourth-order valence-electron chi connectivity index (χ4n) is 1.40. The summed E-state index contributed by atoms with van der Waals surface area (Å²) in [6.07, 6.45) is 2.64. The summed E-state index contributed by atoms with van der Waals surface area (Å²) >= 11 is 4.33. The van der Waals surface area contributed by atoms with Crippen LogP contribution < -0.4 is 5.32 Å². The van der Waals surface area contributed by atoms with Crippen molar-refractivity contribution < 1.29 is 4.79 Å². The highest BCUT2D eigenvalue weighted by atomic mass is 32.1. The van der Waals surface area contributed by atoms with Crippen LogP contribution >= 0.6 is 12.6 Å². The predicted octanol–water partition coefficient (Wildman–Crippen LogP) is 2.61. The average molecular weight is 249 g/mol. The first-order valence-corrected chi connectivity index (χ1v) is 6.24. The van der Waals surface area contributed by atoms with Gasteiger partial charge < -0.3 is 5.32 Å². The molecule has 0 aliphatic rings. The van der Waals surface area contributed by atoms with Gasteiger partial charge in [0.15, 0.2) is 0 Å². The third-order valence-electron chi connectivity index (χ3n) is 2.36.